The zero-order valence-electron chi connectivity index (χ0n) is 17.8. The first kappa shape index (κ1) is 23.4. The van der Waals surface area contributed by atoms with Crippen molar-refractivity contribution in [1.82, 2.24) is 9.55 Å². The van der Waals surface area contributed by atoms with Gasteiger partial charge in [0.2, 0.25) is 0 Å². The molecule has 1 fully saturated rings. The summed E-state index contributed by atoms with van der Waals surface area (Å²) in [7, 11) is 0. The predicted molar refractivity (Wildman–Crippen MR) is 122 cm³/mol. The first-order valence-corrected chi connectivity index (χ1v) is 11.0. The number of hydrogen-bond donors (Lipinski definition) is 1. The summed E-state index contributed by atoms with van der Waals surface area (Å²) >= 11 is 6.72. The molecule has 7 nitrogen and oxygen atoms in total. The smallest absolute Gasteiger partial charge is 0.351 e. The van der Waals surface area contributed by atoms with E-state index in [2.05, 4.69) is 4.98 Å². The lowest BCUT2D eigenvalue weighted by Gasteiger charge is -2.32. The molecule has 174 valence electrons. The van der Waals surface area contributed by atoms with E-state index >= 15 is 0 Å². The van der Waals surface area contributed by atoms with Gasteiger partial charge < -0.3 is 19.9 Å². The van der Waals surface area contributed by atoms with Crippen LogP contribution in [-0.4, -0.2) is 39.9 Å². The Balaban J connectivity index is 1.58. The Labute approximate surface area is 195 Å². The van der Waals surface area contributed by atoms with Crippen LogP contribution in [0.25, 0.3) is 0 Å². The molecule has 2 aromatic carbocycles. The standard InChI is InChI=1S/C24H25ClFN3O4/c25-20-21(32-14-18-9-5-2-6-10-18)24(15-26,16-31-13-17-7-3-1-4-8-17)33-22(20)29-12-11-19(27)28-23(29)30/h1-12,20-22H,13-16H2,(H2,27,28,30)/t20-,21+,22-,24-/m1/s1. The van der Waals surface area contributed by atoms with Crippen LogP contribution in [-0.2, 0) is 27.4 Å². The number of nitrogens with zero attached hydrogens (tertiary/aromatic N) is 2. The summed E-state index contributed by atoms with van der Waals surface area (Å²) < 4.78 is 33.8. The highest BCUT2D eigenvalue weighted by Crippen LogP contribution is 2.42. The fourth-order valence-electron chi connectivity index (χ4n) is 3.82. The number of nitrogens with two attached hydrogens (primary N) is 1. The van der Waals surface area contributed by atoms with Crippen LogP contribution in [0.15, 0.2) is 77.7 Å². The normalized spacial score (nSPS) is 24.7. The molecule has 1 aliphatic rings. The highest BCUT2D eigenvalue weighted by atomic mass is 35.5. The Hall–Kier alpha value is -2.78. The molecule has 1 saturated heterocycles. The SMILES string of the molecule is Nc1ccn([C@@H]2O[C@](CF)(COCc3ccccc3)[C@@H](OCc3ccccc3)[C@H]2Cl)c(=O)n1. The van der Waals surface area contributed by atoms with Gasteiger partial charge in [0.15, 0.2) is 6.23 Å². The molecule has 0 radical (unpaired) electrons. The summed E-state index contributed by atoms with van der Waals surface area (Å²) in [5.74, 6) is 0.0696. The maximum atomic E-state index is 14.6. The van der Waals surface area contributed by atoms with Gasteiger partial charge in [0.1, 0.15) is 29.6 Å². The van der Waals surface area contributed by atoms with Crippen molar-refractivity contribution in [2.75, 3.05) is 19.0 Å². The van der Waals surface area contributed by atoms with Gasteiger partial charge in [-0.3, -0.25) is 4.57 Å². The fraction of sp³-hybridized carbons (Fsp3) is 0.333. The number of rotatable bonds is 9. The summed E-state index contributed by atoms with van der Waals surface area (Å²) in [5.41, 5.74) is 5.27. The number of hydrogen-bond acceptors (Lipinski definition) is 6. The molecule has 2 N–H and O–H groups in total. The molecule has 9 heteroatoms. The molecule has 0 bridgehead atoms. The van der Waals surface area contributed by atoms with E-state index < -0.39 is 35.7 Å². The molecule has 3 aromatic rings. The maximum Gasteiger partial charge on any atom is 0.351 e. The van der Waals surface area contributed by atoms with E-state index in [9.17, 15) is 9.18 Å². The molecule has 2 heterocycles. The Bertz CT molecular complexity index is 1100. The molecule has 1 aliphatic heterocycles. The Kier molecular flexibility index (Phi) is 7.39. The van der Waals surface area contributed by atoms with Crippen LogP contribution in [0.4, 0.5) is 10.2 Å². The number of halogens is 2. The number of aromatic nitrogens is 2. The van der Waals surface area contributed by atoms with E-state index in [1.54, 1.807) is 0 Å². The summed E-state index contributed by atoms with van der Waals surface area (Å²) in [6.45, 7) is -0.578. The number of ether oxygens (including phenoxy) is 3. The highest BCUT2D eigenvalue weighted by molar-refractivity contribution is 6.21. The maximum absolute atomic E-state index is 14.6. The highest BCUT2D eigenvalue weighted by Gasteiger charge is 2.57. The minimum Gasteiger partial charge on any atom is -0.383 e. The van der Waals surface area contributed by atoms with Crippen molar-refractivity contribution in [3.63, 3.8) is 0 Å². The zero-order valence-corrected chi connectivity index (χ0v) is 18.6. The average Bonchev–Trinajstić information content (AvgIpc) is 3.10. The second-order valence-corrected chi connectivity index (χ2v) is 8.39. The quantitative estimate of drug-likeness (QED) is 0.479. The van der Waals surface area contributed by atoms with E-state index in [0.29, 0.717) is 0 Å². The van der Waals surface area contributed by atoms with Crippen LogP contribution in [0.5, 0.6) is 0 Å². The third-order valence-electron chi connectivity index (χ3n) is 5.52. The molecule has 4 atom stereocenters. The van der Waals surface area contributed by atoms with Crippen molar-refractivity contribution < 1.29 is 18.6 Å². The lowest BCUT2D eigenvalue weighted by molar-refractivity contribution is -0.165. The minimum absolute atomic E-state index is 0.0696. The molecule has 1 aromatic heterocycles. The topological polar surface area (TPSA) is 88.6 Å². The van der Waals surface area contributed by atoms with E-state index in [1.165, 1.54) is 16.8 Å². The van der Waals surface area contributed by atoms with Crippen molar-refractivity contribution in [3.8, 4) is 0 Å². The summed E-state index contributed by atoms with van der Waals surface area (Å²) in [6.07, 6.45) is -0.475. The van der Waals surface area contributed by atoms with Crippen molar-refractivity contribution in [2.45, 2.75) is 36.5 Å². The molecule has 0 amide bonds. The lowest BCUT2D eigenvalue weighted by Crippen LogP contribution is -2.49. The van der Waals surface area contributed by atoms with Gasteiger partial charge in [0, 0.05) is 6.20 Å². The van der Waals surface area contributed by atoms with E-state index in [-0.39, 0.29) is 25.6 Å². The summed E-state index contributed by atoms with van der Waals surface area (Å²) in [4.78, 5) is 16.2. The summed E-state index contributed by atoms with van der Waals surface area (Å²) in [6, 6.07) is 20.4. The van der Waals surface area contributed by atoms with Gasteiger partial charge in [-0.2, -0.15) is 4.98 Å². The van der Waals surface area contributed by atoms with Gasteiger partial charge in [0.05, 0.1) is 19.8 Å². The molecule has 33 heavy (non-hydrogen) atoms. The third-order valence-corrected chi connectivity index (χ3v) is 5.96. The van der Waals surface area contributed by atoms with Crippen LogP contribution in [0.3, 0.4) is 0 Å². The predicted octanol–water partition coefficient (Wildman–Crippen LogP) is 3.47. The molecule has 0 aliphatic carbocycles. The Morgan fingerprint density at radius 1 is 1.06 bits per heavy atom. The van der Waals surface area contributed by atoms with Crippen molar-refractivity contribution >= 4 is 17.4 Å². The number of alkyl halides is 2. The second-order valence-electron chi connectivity index (χ2n) is 7.89. The lowest BCUT2D eigenvalue weighted by atomic mass is 9.98. The van der Waals surface area contributed by atoms with E-state index in [4.69, 9.17) is 31.5 Å². The van der Waals surface area contributed by atoms with Gasteiger partial charge in [-0.05, 0) is 17.2 Å². The van der Waals surface area contributed by atoms with Crippen LogP contribution in [0.1, 0.15) is 17.4 Å². The molecule has 0 spiro atoms. The van der Waals surface area contributed by atoms with Gasteiger partial charge in [-0.1, -0.05) is 60.7 Å². The molecule has 0 saturated carbocycles. The fourth-order valence-corrected chi connectivity index (χ4v) is 4.30. The number of nitrogen functional groups attached to an aromatic ring is 1. The minimum atomic E-state index is -1.51. The van der Waals surface area contributed by atoms with E-state index in [1.807, 2.05) is 60.7 Å². The molecule has 0 unspecified atom stereocenters. The second kappa shape index (κ2) is 10.4. The third kappa shape index (κ3) is 5.25. The van der Waals surface area contributed by atoms with Gasteiger partial charge in [-0.15, -0.1) is 11.6 Å². The van der Waals surface area contributed by atoms with Crippen LogP contribution in [0.2, 0.25) is 0 Å². The largest absolute Gasteiger partial charge is 0.383 e. The zero-order chi connectivity index (χ0) is 23.3. The van der Waals surface area contributed by atoms with Crippen LogP contribution < -0.4 is 11.4 Å². The first-order chi connectivity index (χ1) is 16.0. The number of anilines is 1. The van der Waals surface area contributed by atoms with Crippen molar-refractivity contribution in [3.05, 3.63) is 94.5 Å². The van der Waals surface area contributed by atoms with Crippen LogP contribution in [0, 0.1) is 0 Å². The molecule has 4 rings (SSSR count). The van der Waals surface area contributed by atoms with Gasteiger partial charge >= 0.3 is 5.69 Å². The van der Waals surface area contributed by atoms with Crippen molar-refractivity contribution in [2.24, 2.45) is 0 Å². The molecular formula is C24H25ClFN3O4. The summed E-state index contributed by atoms with van der Waals surface area (Å²) in [5, 5.41) is -0.882. The molecular weight excluding hydrogens is 449 g/mol. The number of benzene rings is 2. The first-order valence-electron chi connectivity index (χ1n) is 10.5. The van der Waals surface area contributed by atoms with Crippen LogP contribution >= 0.6 is 11.6 Å². The monoisotopic (exact) mass is 473 g/mol. The average molecular weight is 474 g/mol. The Morgan fingerprint density at radius 2 is 1.70 bits per heavy atom. The Morgan fingerprint density at radius 3 is 2.30 bits per heavy atom. The van der Waals surface area contributed by atoms with Gasteiger partial charge in [0.25, 0.3) is 0 Å². The van der Waals surface area contributed by atoms with Gasteiger partial charge in [-0.25, -0.2) is 9.18 Å². The van der Waals surface area contributed by atoms with Crippen molar-refractivity contribution in [1.29, 1.82) is 0 Å². The van der Waals surface area contributed by atoms with E-state index in [0.717, 1.165) is 11.1 Å².